The van der Waals surface area contributed by atoms with Gasteiger partial charge in [0.2, 0.25) is 0 Å². The Morgan fingerprint density at radius 1 is 1.47 bits per heavy atom. The third-order valence-corrected chi connectivity index (χ3v) is 3.55. The van der Waals surface area contributed by atoms with Crippen LogP contribution in [0.4, 0.5) is 17.1 Å². The van der Waals surface area contributed by atoms with E-state index in [1.54, 1.807) is 17.4 Å². The summed E-state index contributed by atoms with van der Waals surface area (Å²) in [6, 6.07) is 8.83. The van der Waals surface area contributed by atoms with Crippen molar-refractivity contribution in [2.45, 2.75) is 19.4 Å². The van der Waals surface area contributed by atoms with Crippen LogP contribution in [-0.2, 0) is 6.42 Å². The van der Waals surface area contributed by atoms with Crippen LogP contribution in [0.15, 0.2) is 35.7 Å². The van der Waals surface area contributed by atoms with Crippen molar-refractivity contribution in [3.63, 3.8) is 0 Å². The van der Waals surface area contributed by atoms with Crippen LogP contribution in [0, 0.1) is 10.1 Å². The average molecular weight is 277 g/mol. The maximum absolute atomic E-state index is 10.8. The van der Waals surface area contributed by atoms with Gasteiger partial charge in [0, 0.05) is 40.8 Å². The monoisotopic (exact) mass is 277 g/mol. The summed E-state index contributed by atoms with van der Waals surface area (Å²) in [4.78, 5) is 11.6. The molecule has 1 atom stereocenters. The number of benzene rings is 1. The van der Waals surface area contributed by atoms with Crippen molar-refractivity contribution in [1.82, 2.24) is 0 Å². The minimum absolute atomic E-state index is 0.00539. The summed E-state index contributed by atoms with van der Waals surface area (Å²) in [5.74, 6) is 0. The first-order chi connectivity index (χ1) is 9.04. The van der Waals surface area contributed by atoms with Gasteiger partial charge >= 0.3 is 0 Å². The fourth-order valence-electron chi connectivity index (χ4n) is 1.89. The number of hydrogen-bond acceptors (Lipinski definition) is 5. The van der Waals surface area contributed by atoms with Crippen LogP contribution in [0.1, 0.15) is 11.8 Å². The number of non-ortho nitro benzene ring substituents is 1. The maximum Gasteiger partial charge on any atom is 0.273 e. The Labute approximate surface area is 115 Å². The molecule has 6 heteroatoms. The first kappa shape index (κ1) is 13.4. The molecule has 1 aromatic heterocycles. The zero-order chi connectivity index (χ0) is 13.8. The smallest absolute Gasteiger partial charge is 0.273 e. The number of nitrogens with one attached hydrogen (secondary N) is 1. The predicted octanol–water partition coefficient (Wildman–Crippen LogP) is 3.28. The highest BCUT2D eigenvalue weighted by Gasteiger charge is 2.10. The zero-order valence-corrected chi connectivity index (χ0v) is 11.3. The Bertz CT molecular complexity index is 569. The molecular formula is C13H15N3O2S. The molecule has 0 amide bonds. The van der Waals surface area contributed by atoms with Crippen LogP contribution < -0.4 is 11.1 Å². The molecule has 5 nitrogen and oxygen atoms in total. The molecule has 0 aliphatic heterocycles. The fraction of sp³-hybridized carbons (Fsp3) is 0.231. The van der Waals surface area contributed by atoms with E-state index >= 15 is 0 Å². The van der Waals surface area contributed by atoms with Gasteiger partial charge in [0.1, 0.15) is 0 Å². The summed E-state index contributed by atoms with van der Waals surface area (Å²) in [7, 11) is 0. The van der Waals surface area contributed by atoms with Crippen molar-refractivity contribution < 1.29 is 4.92 Å². The molecule has 0 spiro atoms. The third-order valence-electron chi connectivity index (χ3n) is 2.65. The predicted molar refractivity (Wildman–Crippen MR) is 78.6 cm³/mol. The minimum atomic E-state index is -0.439. The molecule has 1 aromatic carbocycles. The highest BCUT2D eigenvalue weighted by Crippen LogP contribution is 2.23. The maximum atomic E-state index is 10.8. The van der Waals surface area contributed by atoms with Gasteiger partial charge in [0.15, 0.2) is 0 Å². The van der Waals surface area contributed by atoms with Crippen LogP contribution in [-0.4, -0.2) is 11.0 Å². The van der Waals surface area contributed by atoms with Crippen LogP contribution >= 0.6 is 11.3 Å². The van der Waals surface area contributed by atoms with Crippen LogP contribution in [0.2, 0.25) is 0 Å². The molecule has 0 bridgehead atoms. The zero-order valence-electron chi connectivity index (χ0n) is 10.5. The van der Waals surface area contributed by atoms with Gasteiger partial charge in [-0.3, -0.25) is 10.1 Å². The number of nitrogens with two attached hydrogens (primary N) is 1. The van der Waals surface area contributed by atoms with Crippen molar-refractivity contribution in [3.05, 3.63) is 50.7 Å². The molecule has 19 heavy (non-hydrogen) atoms. The Morgan fingerprint density at radius 3 is 2.89 bits per heavy atom. The number of nitro groups is 1. The van der Waals surface area contributed by atoms with Crippen molar-refractivity contribution in [2.24, 2.45) is 0 Å². The largest absolute Gasteiger partial charge is 0.398 e. The second-order valence-corrected chi connectivity index (χ2v) is 5.43. The lowest BCUT2D eigenvalue weighted by molar-refractivity contribution is -0.384. The van der Waals surface area contributed by atoms with Crippen LogP contribution in [0.5, 0.6) is 0 Å². The first-order valence-corrected chi connectivity index (χ1v) is 6.76. The number of nitrogens with zero attached hydrogens (tertiary/aromatic N) is 1. The molecule has 1 unspecified atom stereocenters. The lowest BCUT2D eigenvalue weighted by Crippen LogP contribution is -2.17. The molecule has 0 aliphatic carbocycles. The van der Waals surface area contributed by atoms with E-state index in [9.17, 15) is 10.1 Å². The molecule has 1 heterocycles. The van der Waals surface area contributed by atoms with Gasteiger partial charge in [-0.25, -0.2) is 0 Å². The average Bonchev–Trinajstić information content (AvgIpc) is 2.80. The van der Waals surface area contributed by atoms with E-state index < -0.39 is 4.92 Å². The molecule has 100 valence electrons. The van der Waals surface area contributed by atoms with Gasteiger partial charge < -0.3 is 11.1 Å². The van der Waals surface area contributed by atoms with Gasteiger partial charge in [-0.15, -0.1) is 11.3 Å². The highest BCUT2D eigenvalue weighted by molar-refractivity contribution is 7.09. The summed E-state index contributed by atoms with van der Waals surface area (Å²) in [5.41, 5.74) is 6.74. The standard InChI is InChI=1S/C13H15N3O2S/c1-9(5-13-3-2-4-19-13)15-11-6-10(14)7-12(8-11)16(17)18/h2-4,6-9,15H,5,14H2,1H3. The molecule has 0 aliphatic rings. The topological polar surface area (TPSA) is 81.2 Å². The quantitative estimate of drug-likeness (QED) is 0.499. The Balaban J connectivity index is 2.08. The van der Waals surface area contributed by atoms with Crippen LogP contribution in [0.25, 0.3) is 0 Å². The van der Waals surface area contributed by atoms with Crippen molar-refractivity contribution in [3.8, 4) is 0 Å². The van der Waals surface area contributed by atoms with Crippen molar-refractivity contribution in [2.75, 3.05) is 11.1 Å². The number of nitrogen functional groups attached to an aromatic ring is 1. The Hall–Kier alpha value is -2.08. The summed E-state index contributed by atoms with van der Waals surface area (Å²) >= 11 is 1.70. The summed E-state index contributed by atoms with van der Waals surface area (Å²) in [6.45, 7) is 2.04. The number of thiophene rings is 1. The van der Waals surface area contributed by atoms with Crippen molar-refractivity contribution in [1.29, 1.82) is 0 Å². The lowest BCUT2D eigenvalue weighted by atomic mass is 10.2. The molecule has 0 fully saturated rings. The van der Waals surface area contributed by atoms with E-state index in [0.717, 1.165) is 6.42 Å². The minimum Gasteiger partial charge on any atom is -0.398 e. The highest BCUT2D eigenvalue weighted by atomic mass is 32.1. The molecule has 3 N–H and O–H groups in total. The second kappa shape index (κ2) is 5.71. The van der Waals surface area contributed by atoms with E-state index in [-0.39, 0.29) is 11.7 Å². The van der Waals surface area contributed by atoms with Gasteiger partial charge in [-0.2, -0.15) is 0 Å². The van der Waals surface area contributed by atoms with Crippen molar-refractivity contribution >= 4 is 28.4 Å². The van der Waals surface area contributed by atoms with Gasteiger partial charge in [0.05, 0.1) is 4.92 Å². The van der Waals surface area contributed by atoms with Crippen LogP contribution in [0.3, 0.4) is 0 Å². The molecule has 2 aromatic rings. The Morgan fingerprint density at radius 2 is 2.26 bits per heavy atom. The van der Waals surface area contributed by atoms with E-state index in [0.29, 0.717) is 11.4 Å². The summed E-state index contributed by atoms with van der Waals surface area (Å²) in [5, 5.41) is 16.0. The number of anilines is 2. The number of nitro benzene ring substituents is 1. The van der Waals surface area contributed by atoms with E-state index in [1.165, 1.54) is 17.0 Å². The van der Waals surface area contributed by atoms with Gasteiger partial charge in [-0.05, 0) is 24.4 Å². The first-order valence-electron chi connectivity index (χ1n) is 5.88. The Kier molecular flexibility index (Phi) is 4.01. The number of hydrogen-bond donors (Lipinski definition) is 2. The van der Waals surface area contributed by atoms with Gasteiger partial charge in [0.25, 0.3) is 5.69 Å². The van der Waals surface area contributed by atoms with E-state index in [4.69, 9.17) is 5.73 Å². The molecule has 2 rings (SSSR count). The molecule has 0 saturated carbocycles. The van der Waals surface area contributed by atoms with Gasteiger partial charge in [-0.1, -0.05) is 6.07 Å². The SMILES string of the molecule is CC(Cc1cccs1)Nc1cc(N)cc([N+](=O)[O-])c1. The molecule has 0 radical (unpaired) electrons. The lowest BCUT2D eigenvalue weighted by Gasteiger charge is -2.14. The summed E-state index contributed by atoms with van der Waals surface area (Å²) < 4.78 is 0. The second-order valence-electron chi connectivity index (χ2n) is 4.40. The molecular weight excluding hydrogens is 262 g/mol. The van der Waals surface area contributed by atoms with E-state index in [1.807, 2.05) is 18.4 Å². The summed E-state index contributed by atoms with van der Waals surface area (Å²) in [6.07, 6.45) is 0.875. The fourth-order valence-corrected chi connectivity index (χ4v) is 2.72. The van der Waals surface area contributed by atoms with E-state index in [2.05, 4.69) is 11.4 Å². The third kappa shape index (κ3) is 3.69. The normalized spacial score (nSPS) is 12.1. The molecule has 0 saturated heterocycles. The number of rotatable bonds is 5.